The van der Waals surface area contributed by atoms with E-state index in [1.54, 1.807) is 0 Å². The molecule has 0 bridgehead atoms. The van der Waals surface area contributed by atoms with Gasteiger partial charge in [-0.3, -0.25) is 0 Å². The fraction of sp³-hybridized carbons (Fsp3) is 0.0833. The van der Waals surface area contributed by atoms with Crippen molar-refractivity contribution in [2.45, 2.75) is 6.92 Å². The van der Waals surface area contributed by atoms with Crippen LogP contribution in [0.4, 0.5) is 5.69 Å². The van der Waals surface area contributed by atoms with Gasteiger partial charge in [0.2, 0.25) is 0 Å². The van der Waals surface area contributed by atoms with Crippen LogP contribution < -0.4 is 14.8 Å². The molecule has 1 N–H and O–H groups in total. The quantitative estimate of drug-likeness (QED) is 0.410. The van der Waals surface area contributed by atoms with Crippen LogP contribution in [-0.4, -0.2) is 6.54 Å². The van der Waals surface area contributed by atoms with Crippen LogP contribution in [0.25, 0.3) is 10.8 Å². The van der Waals surface area contributed by atoms with Crippen molar-refractivity contribution in [3.63, 3.8) is 0 Å². The minimum absolute atomic E-state index is 0.777. The first-order chi connectivity index (χ1) is 13.3. The normalized spacial score (nSPS) is 10.6. The molecule has 0 aromatic heterocycles. The van der Waals surface area contributed by atoms with E-state index in [2.05, 4.69) is 42.6 Å². The van der Waals surface area contributed by atoms with Gasteiger partial charge >= 0.3 is 0 Å². The van der Waals surface area contributed by atoms with E-state index in [0.717, 1.165) is 40.6 Å². The SMILES string of the molecule is CCNc1ccc2cc(Oc3ccc(Oc4ccccc4)cc3)ccc2c1. The molecule has 0 aliphatic rings. The van der Waals surface area contributed by atoms with Crippen LogP contribution >= 0.6 is 0 Å². The van der Waals surface area contributed by atoms with E-state index in [4.69, 9.17) is 9.47 Å². The Kier molecular flexibility index (Phi) is 4.93. The van der Waals surface area contributed by atoms with Crippen molar-refractivity contribution in [1.82, 2.24) is 0 Å². The summed E-state index contributed by atoms with van der Waals surface area (Å²) in [5.74, 6) is 3.19. The molecule has 4 aromatic carbocycles. The predicted octanol–water partition coefficient (Wildman–Crippen LogP) is 6.86. The van der Waals surface area contributed by atoms with Gasteiger partial charge in [-0.2, -0.15) is 0 Å². The summed E-state index contributed by atoms with van der Waals surface area (Å²) in [5.41, 5.74) is 1.13. The second-order valence-electron chi connectivity index (χ2n) is 6.24. The number of hydrogen-bond donors (Lipinski definition) is 1. The largest absolute Gasteiger partial charge is 0.457 e. The number of ether oxygens (including phenoxy) is 2. The Morgan fingerprint density at radius 2 is 1.15 bits per heavy atom. The molecule has 3 nitrogen and oxygen atoms in total. The van der Waals surface area contributed by atoms with Crippen molar-refractivity contribution in [3.05, 3.63) is 91.0 Å². The summed E-state index contributed by atoms with van der Waals surface area (Å²) in [6, 6.07) is 29.9. The first-order valence-electron chi connectivity index (χ1n) is 9.09. The Hall–Kier alpha value is -3.46. The molecule has 0 heterocycles. The van der Waals surface area contributed by atoms with Crippen LogP contribution in [0.5, 0.6) is 23.0 Å². The summed E-state index contributed by atoms with van der Waals surface area (Å²) in [7, 11) is 0. The molecule has 0 aliphatic carbocycles. The fourth-order valence-electron chi connectivity index (χ4n) is 2.94. The number of anilines is 1. The smallest absolute Gasteiger partial charge is 0.128 e. The lowest BCUT2D eigenvalue weighted by Crippen LogP contribution is -1.95. The Morgan fingerprint density at radius 1 is 0.593 bits per heavy atom. The minimum atomic E-state index is 0.777. The van der Waals surface area contributed by atoms with Gasteiger partial charge in [-0.05, 0) is 78.4 Å². The lowest BCUT2D eigenvalue weighted by molar-refractivity contribution is 0.469. The molecule has 0 spiro atoms. The maximum absolute atomic E-state index is 6.00. The van der Waals surface area contributed by atoms with E-state index in [9.17, 15) is 0 Å². The Labute approximate surface area is 159 Å². The Bertz CT molecular complexity index is 1030. The molecule has 0 saturated heterocycles. The standard InChI is InChI=1S/C24H21NO2/c1-2-25-20-10-8-19-17-24(11-9-18(19)16-20)27-23-14-12-22(13-15-23)26-21-6-4-3-5-7-21/h3-17,25H,2H2,1H3. The molecule has 0 amide bonds. The first kappa shape index (κ1) is 17.0. The molecule has 0 unspecified atom stereocenters. The van der Waals surface area contributed by atoms with Crippen molar-refractivity contribution < 1.29 is 9.47 Å². The average Bonchev–Trinajstić information content (AvgIpc) is 2.71. The zero-order chi connectivity index (χ0) is 18.5. The van der Waals surface area contributed by atoms with Crippen molar-refractivity contribution in [1.29, 1.82) is 0 Å². The number of rotatable bonds is 6. The van der Waals surface area contributed by atoms with Gasteiger partial charge < -0.3 is 14.8 Å². The van der Waals surface area contributed by atoms with Gasteiger partial charge in [0.25, 0.3) is 0 Å². The average molecular weight is 355 g/mol. The molecule has 0 atom stereocenters. The van der Waals surface area contributed by atoms with Crippen LogP contribution in [0.15, 0.2) is 91.0 Å². The molecule has 0 fully saturated rings. The Balaban J connectivity index is 1.47. The lowest BCUT2D eigenvalue weighted by Gasteiger charge is -2.10. The zero-order valence-electron chi connectivity index (χ0n) is 15.2. The summed E-state index contributed by atoms with van der Waals surface area (Å²) in [4.78, 5) is 0. The molecule has 134 valence electrons. The second-order valence-corrected chi connectivity index (χ2v) is 6.24. The van der Waals surface area contributed by atoms with E-state index in [0.29, 0.717) is 0 Å². The van der Waals surface area contributed by atoms with Crippen molar-refractivity contribution >= 4 is 16.5 Å². The number of benzene rings is 4. The first-order valence-corrected chi connectivity index (χ1v) is 9.09. The lowest BCUT2D eigenvalue weighted by atomic mass is 10.1. The molecule has 0 aliphatic heterocycles. The van der Waals surface area contributed by atoms with Crippen LogP contribution in [0.3, 0.4) is 0 Å². The predicted molar refractivity (Wildman–Crippen MR) is 111 cm³/mol. The Morgan fingerprint density at radius 3 is 1.85 bits per heavy atom. The van der Waals surface area contributed by atoms with Crippen molar-refractivity contribution in [3.8, 4) is 23.0 Å². The summed E-state index contributed by atoms with van der Waals surface area (Å²) >= 11 is 0. The van der Waals surface area contributed by atoms with Crippen LogP contribution in [0.2, 0.25) is 0 Å². The van der Waals surface area contributed by atoms with Crippen LogP contribution in [-0.2, 0) is 0 Å². The molecular weight excluding hydrogens is 334 g/mol. The zero-order valence-corrected chi connectivity index (χ0v) is 15.2. The van der Waals surface area contributed by atoms with Gasteiger partial charge in [0.05, 0.1) is 0 Å². The fourth-order valence-corrected chi connectivity index (χ4v) is 2.94. The van der Waals surface area contributed by atoms with Gasteiger partial charge in [-0.25, -0.2) is 0 Å². The van der Waals surface area contributed by atoms with Gasteiger partial charge in [0.15, 0.2) is 0 Å². The van der Waals surface area contributed by atoms with E-state index < -0.39 is 0 Å². The number of para-hydroxylation sites is 1. The van der Waals surface area contributed by atoms with Gasteiger partial charge in [0.1, 0.15) is 23.0 Å². The van der Waals surface area contributed by atoms with E-state index in [1.165, 1.54) is 5.39 Å². The summed E-state index contributed by atoms with van der Waals surface area (Å²) < 4.78 is 11.8. The molecule has 3 heteroatoms. The minimum Gasteiger partial charge on any atom is -0.457 e. The highest BCUT2D eigenvalue weighted by Gasteiger charge is 2.02. The molecule has 4 aromatic rings. The van der Waals surface area contributed by atoms with Crippen molar-refractivity contribution in [2.24, 2.45) is 0 Å². The van der Waals surface area contributed by atoms with Crippen molar-refractivity contribution in [2.75, 3.05) is 11.9 Å². The molecule has 27 heavy (non-hydrogen) atoms. The molecule has 0 saturated carbocycles. The highest BCUT2D eigenvalue weighted by molar-refractivity contribution is 5.87. The van der Waals surface area contributed by atoms with Crippen LogP contribution in [0.1, 0.15) is 6.92 Å². The monoisotopic (exact) mass is 355 g/mol. The number of hydrogen-bond acceptors (Lipinski definition) is 3. The highest BCUT2D eigenvalue weighted by Crippen LogP contribution is 2.29. The van der Waals surface area contributed by atoms with E-state index in [1.807, 2.05) is 60.7 Å². The van der Waals surface area contributed by atoms with E-state index in [-0.39, 0.29) is 0 Å². The topological polar surface area (TPSA) is 30.5 Å². The molecule has 4 rings (SSSR count). The summed E-state index contributed by atoms with van der Waals surface area (Å²) in [6.45, 7) is 3.01. The highest BCUT2D eigenvalue weighted by atomic mass is 16.5. The van der Waals surface area contributed by atoms with E-state index >= 15 is 0 Å². The van der Waals surface area contributed by atoms with Gasteiger partial charge in [0, 0.05) is 12.2 Å². The third-order valence-corrected chi connectivity index (χ3v) is 4.23. The van der Waals surface area contributed by atoms with Gasteiger partial charge in [-0.15, -0.1) is 0 Å². The maximum Gasteiger partial charge on any atom is 0.128 e. The third kappa shape index (κ3) is 4.21. The summed E-state index contributed by atoms with van der Waals surface area (Å²) in [6.07, 6.45) is 0. The molecule has 0 radical (unpaired) electrons. The third-order valence-electron chi connectivity index (χ3n) is 4.23. The second kappa shape index (κ2) is 7.83. The summed E-state index contributed by atoms with van der Waals surface area (Å²) in [5, 5.41) is 5.67. The molecular formula is C24H21NO2. The maximum atomic E-state index is 6.00. The van der Waals surface area contributed by atoms with Crippen LogP contribution in [0, 0.1) is 0 Å². The van der Waals surface area contributed by atoms with Gasteiger partial charge in [-0.1, -0.05) is 30.3 Å². The number of fused-ring (bicyclic) bond motifs is 1. The number of nitrogens with one attached hydrogen (secondary N) is 1.